The van der Waals surface area contributed by atoms with Crippen molar-refractivity contribution in [3.63, 3.8) is 0 Å². The minimum atomic E-state index is -1.09. The van der Waals surface area contributed by atoms with E-state index in [1.807, 2.05) is 35.6 Å². The number of nitrogens with one attached hydrogen (secondary N) is 1. The lowest BCUT2D eigenvalue weighted by atomic mass is 10.1. The lowest BCUT2D eigenvalue weighted by Crippen LogP contribution is -2.30. The van der Waals surface area contributed by atoms with Gasteiger partial charge in [0.15, 0.2) is 0 Å². The average Bonchev–Trinajstić information content (AvgIpc) is 3.00. The monoisotopic (exact) mass is 516 g/mol. The number of aryl methyl sites for hydroxylation is 1. The minimum Gasteiger partial charge on any atom is -0.394 e. The smallest absolute Gasteiger partial charge is 0.276 e. The van der Waals surface area contributed by atoms with E-state index in [0.29, 0.717) is 26.2 Å². The number of rotatable bonds is 7. The highest BCUT2D eigenvalue weighted by Gasteiger charge is 2.21. The number of amides is 1. The van der Waals surface area contributed by atoms with Gasteiger partial charge in [0.25, 0.3) is 5.91 Å². The molecule has 6 nitrogen and oxygen atoms in total. The molecule has 3 rings (SSSR count). The zero-order valence-electron chi connectivity index (χ0n) is 14.9. The van der Waals surface area contributed by atoms with Crippen LogP contribution >= 0.6 is 33.9 Å². The Hall–Kier alpha value is -1.66. The number of thiophene rings is 1. The summed E-state index contributed by atoms with van der Waals surface area (Å²) in [5.41, 5.74) is 3.94. The normalized spacial score (nSPS) is 12.3. The number of nitrogens with zero attached hydrogens (tertiary/aromatic N) is 1. The van der Waals surface area contributed by atoms with Gasteiger partial charge in [-0.25, -0.2) is 14.9 Å². The second kappa shape index (κ2) is 9.23. The molecular formula is C19H18FIN2O4S. The van der Waals surface area contributed by atoms with Gasteiger partial charge in [-0.2, -0.15) is 0 Å². The van der Waals surface area contributed by atoms with Crippen molar-refractivity contribution in [2.45, 2.75) is 19.4 Å². The number of aliphatic hydroxyl groups excluding tert-OH is 2. The molecule has 0 aliphatic carbocycles. The van der Waals surface area contributed by atoms with E-state index in [-0.39, 0.29) is 18.8 Å². The van der Waals surface area contributed by atoms with Crippen LogP contribution in [0.25, 0.3) is 10.2 Å². The molecule has 0 aliphatic heterocycles. The van der Waals surface area contributed by atoms with Crippen LogP contribution in [0.5, 0.6) is 0 Å². The van der Waals surface area contributed by atoms with Crippen molar-refractivity contribution in [3.05, 3.63) is 61.4 Å². The Morgan fingerprint density at radius 2 is 2.18 bits per heavy atom. The Morgan fingerprint density at radius 1 is 1.39 bits per heavy atom. The summed E-state index contributed by atoms with van der Waals surface area (Å²) in [6.45, 7) is 1.14. The fourth-order valence-electron chi connectivity index (χ4n) is 2.64. The Balaban J connectivity index is 1.94. The van der Waals surface area contributed by atoms with E-state index >= 15 is 0 Å². The number of hydroxylamine groups is 1. The van der Waals surface area contributed by atoms with Gasteiger partial charge < -0.3 is 10.2 Å². The van der Waals surface area contributed by atoms with Crippen LogP contribution in [-0.2, 0) is 11.3 Å². The molecule has 2 heterocycles. The van der Waals surface area contributed by atoms with Gasteiger partial charge >= 0.3 is 0 Å². The number of aromatic nitrogens is 1. The van der Waals surface area contributed by atoms with Gasteiger partial charge in [0.1, 0.15) is 23.4 Å². The third-order valence-corrected chi connectivity index (χ3v) is 5.78. The Labute approximate surface area is 178 Å². The maximum absolute atomic E-state index is 14.3. The lowest BCUT2D eigenvalue weighted by molar-refractivity contribution is -0.0294. The number of benzene rings is 1. The van der Waals surface area contributed by atoms with E-state index in [1.54, 1.807) is 18.2 Å². The predicted octanol–water partition coefficient (Wildman–Crippen LogP) is 2.95. The second-order valence-electron chi connectivity index (χ2n) is 6.20. The fourth-order valence-corrected chi connectivity index (χ4v) is 4.33. The van der Waals surface area contributed by atoms with Crippen LogP contribution in [0.1, 0.15) is 26.5 Å². The fraction of sp³-hybridized carbons (Fsp3) is 0.263. The van der Waals surface area contributed by atoms with Gasteiger partial charge in [-0.1, -0.05) is 6.07 Å². The van der Waals surface area contributed by atoms with Crippen LogP contribution in [0.4, 0.5) is 4.39 Å². The number of hydrogen-bond donors (Lipinski definition) is 3. The summed E-state index contributed by atoms with van der Waals surface area (Å²) >= 11 is 3.38. The molecule has 0 aliphatic rings. The highest BCUT2D eigenvalue weighted by atomic mass is 127. The number of carbonyl (C=O) groups is 1. The molecule has 3 N–H and O–H groups in total. The molecule has 0 unspecified atom stereocenters. The van der Waals surface area contributed by atoms with Gasteiger partial charge in [-0.3, -0.25) is 9.63 Å². The maximum Gasteiger partial charge on any atom is 0.276 e. The van der Waals surface area contributed by atoms with Crippen LogP contribution < -0.4 is 5.48 Å². The van der Waals surface area contributed by atoms with Crippen molar-refractivity contribution in [3.8, 4) is 0 Å². The molecule has 148 valence electrons. The molecule has 1 amide bonds. The van der Waals surface area contributed by atoms with Crippen molar-refractivity contribution in [1.82, 2.24) is 10.5 Å². The summed E-state index contributed by atoms with van der Waals surface area (Å²) in [4.78, 5) is 23.5. The maximum atomic E-state index is 14.3. The molecule has 0 radical (unpaired) electrons. The molecule has 3 aromatic rings. The van der Waals surface area contributed by atoms with Crippen molar-refractivity contribution in [2.24, 2.45) is 0 Å². The number of pyridine rings is 1. The van der Waals surface area contributed by atoms with Crippen molar-refractivity contribution < 1.29 is 24.2 Å². The van der Waals surface area contributed by atoms with Gasteiger partial charge in [-0.15, -0.1) is 11.3 Å². The zero-order chi connectivity index (χ0) is 20.3. The van der Waals surface area contributed by atoms with Gasteiger partial charge in [0.2, 0.25) is 0 Å². The minimum absolute atomic E-state index is 0.241. The number of aliphatic hydroxyl groups is 2. The van der Waals surface area contributed by atoms with Gasteiger partial charge in [-0.05, 0) is 59.3 Å². The molecule has 2 aromatic heterocycles. The van der Waals surface area contributed by atoms with Crippen LogP contribution in [0, 0.1) is 16.3 Å². The molecule has 0 bridgehead atoms. The van der Waals surface area contributed by atoms with Crippen LogP contribution in [0.2, 0.25) is 0 Å². The van der Waals surface area contributed by atoms with E-state index < -0.39 is 18.6 Å². The Morgan fingerprint density at radius 3 is 2.89 bits per heavy atom. The first kappa shape index (κ1) is 21.1. The van der Waals surface area contributed by atoms with Crippen LogP contribution in [0.15, 0.2) is 30.3 Å². The number of fused-ring (bicyclic) bond motifs is 1. The SMILES string of the molecule is Cc1ccc2c(C(=O)NOC[C@@H](O)CO)c(Cc3ccc(I)cc3F)sc2n1. The van der Waals surface area contributed by atoms with E-state index in [2.05, 4.69) is 10.5 Å². The summed E-state index contributed by atoms with van der Waals surface area (Å²) in [5.74, 6) is -0.842. The molecule has 1 aromatic carbocycles. The zero-order valence-corrected chi connectivity index (χ0v) is 17.9. The number of halogens is 2. The highest BCUT2D eigenvalue weighted by Crippen LogP contribution is 2.32. The number of hydrogen-bond acceptors (Lipinski definition) is 6. The second-order valence-corrected chi connectivity index (χ2v) is 8.53. The molecular weight excluding hydrogens is 498 g/mol. The van der Waals surface area contributed by atoms with Crippen molar-refractivity contribution >= 4 is 50.1 Å². The Bertz CT molecular complexity index is 1010. The standard InChI is InChI=1S/C19H18FIN2O4S/c1-10-2-5-14-17(18(26)23-27-9-13(25)8-24)16(28-19(14)22-10)6-11-3-4-12(21)7-15(11)20/h2-5,7,13,24-25H,6,8-9H2,1H3,(H,23,26)/t13-/m0/s1. The predicted molar refractivity (Wildman–Crippen MR) is 113 cm³/mol. The first-order chi connectivity index (χ1) is 13.4. The molecule has 0 fully saturated rings. The highest BCUT2D eigenvalue weighted by molar-refractivity contribution is 14.1. The first-order valence-electron chi connectivity index (χ1n) is 8.43. The summed E-state index contributed by atoms with van der Waals surface area (Å²) in [5, 5.41) is 18.8. The summed E-state index contributed by atoms with van der Waals surface area (Å²) in [6, 6.07) is 8.57. The summed E-state index contributed by atoms with van der Waals surface area (Å²) in [6.07, 6.45) is -0.852. The Kier molecular flexibility index (Phi) is 6.94. The van der Waals surface area contributed by atoms with E-state index in [9.17, 15) is 14.3 Å². The van der Waals surface area contributed by atoms with Crippen LogP contribution in [-0.4, -0.2) is 40.4 Å². The van der Waals surface area contributed by atoms with Crippen LogP contribution in [0.3, 0.4) is 0 Å². The number of carbonyl (C=O) groups excluding carboxylic acids is 1. The summed E-state index contributed by atoms with van der Waals surface area (Å²) in [7, 11) is 0. The first-order valence-corrected chi connectivity index (χ1v) is 10.3. The third kappa shape index (κ3) is 4.84. The van der Waals surface area contributed by atoms with E-state index in [1.165, 1.54) is 17.4 Å². The molecule has 0 saturated carbocycles. The molecule has 0 spiro atoms. The molecule has 9 heteroatoms. The van der Waals surface area contributed by atoms with Gasteiger partial charge in [0, 0.05) is 25.9 Å². The van der Waals surface area contributed by atoms with E-state index in [4.69, 9.17) is 9.94 Å². The van der Waals surface area contributed by atoms with Crippen molar-refractivity contribution in [1.29, 1.82) is 0 Å². The topological polar surface area (TPSA) is 91.7 Å². The molecule has 0 saturated heterocycles. The molecule has 28 heavy (non-hydrogen) atoms. The lowest BCUT2D eigenvalue weighted by Gasteiger charge is -2.10. The summed E-state index contributed by atoms with van der Waals surface area (Å²) < 4.78 is 15.1. The third-order valence-electron chi connectivity index (χ3n) is 4.01. The van der Waals surface area contributed by atoms with Crippen molar-refractivity contribution in [2.75, 3.05) is 13.2 Å². The van der Waals surface area contributed by atoms with Gasteiger partial charge in [0.05, 0.1) is 12.2 Å². The largest absolute Gasteiger partial charge is 0.394 e. The average molecular weight is 516 g/mol. The molecule has 1 atom stereocenters. The van der Waals surface area contributed by atoms with E-state index in [0.717, 1.165) is 9.26 Å². The quantitative estimate of drug-likeness (QED) is 0.332.